The highest BCUT2D eigenvalue weighted by molar-refractivity contribution is 5.94. The molecule has 0 aliphatic heterocycles. The lowest BCUT2D eigenvalue weighted by atomic mass is 9.79. The number of amides is 2. The molecule has 0 saturated heterocycles. The third-order valence-electron chi connectivity index (χ3n) is 6.39. The molecular formula is C30H33F3N2O4. The minimum Gasteiger partial charge on any atom is -0.497 e. The van der Waals surface area contributed by atoms with Crippen molar-refractivity contribution in [1.29, 1.82) is 0 Å². The molecule has 1 atom stereocenters. The van der Waals surface area contributed by atoms with Gasteiger partial charge in [0.2, 0.25) is 0 Å². The van der Waals surface area contributed by atoms with Gasteiger partial charge in [-0.25, -0.2) is 0 Å². The van der Waals surface area contributed by atoms with Crippen molar-refractivity contribution in [3.05, 3.63) is 101 Å². The standard InChI is InChI=1S/C30H33F3N2O4/c1-34-27(36)22-12-14-24(15-13-22)29(23-10-6-5-7-11-23,25-16-18-26(38-2)19-17-25)39-21-9-4-3-8-20-35-28(37)30(31,32)33/h5-7,10-19H,3-4,8-9,20-21H2,1-2H3,(H,34,36)(H,35,37). The van der Waals surface area contributed by atoms with Gasteiger partial charge < -0.3 is 20.1 Å². The van der Waals surface area contributed by atoms with E-state index < -0.39 is 17.7 Å². The number of nitrogens with one attached hydrogen (secondary N) is 2. The van der Waals surface area contributed by atoms with E-state index in [-0.39, 0.29) is 12.5 Å². The fraction of sp³-hybridized carbons (Fsp3) is 0.333. The molecule has 0 saturated carbocycles. The topological polar surface area (TPSA) is 76.7 Å². The van der Waals surface area contributed by atoms with E-state index >= 15 is 0 Å². The maximum atomic E-state index is 12.3. The van der Waals surface area contributed by atoms with Crippen LogP contribution in [-0.4, -0.2) is 45.3 Å². The molecule has 208 valence electrons. The normalized spacial score (nSPS) is 12.8. The van der Waals surface area contributed by atoms with Crippen molar-refractivity contribution >= 4 is 11.8 Å². The van der Waals surface area contributed by atoms with Crippen LogP contribution >= 0.6 is 0 Å². The molecule has 1 unspecified atom stereocenters. The average Bonchev–Trinajstić information content (AvgIpc) is 2.96. The van der Waals surface area contributed by atoms with Crippen molar-refractivity contribution in [3.8, 4) is 5.75 Å². The number of unbranched alkanes of at least 4 members (excludes halogenated alkanes) is 3. The Morgan fingerprint density at radius 3 is 1.90 bits per heavy atom. The summed E-state index contributed by atoms with van der Waals surface area (Å²) in [6, 6.07) is 24.7. The summed E-state index contributed by atoms with van der Waals surface area (Å²) in [6.45, 7) is 0.337. The van der Waals surface area contributed by atoms with Crippen LogP contribution in [0.5, 0.6) is 5.75 Å². The smallest absolute Gasteiger partial charge is 0.471 e. The average molecular weight is 543 g/mol. The number of methoxy groups -OCH3 is 1. The molecule has 0 heterocycles. The van der Waals surface area contributed by atoms with Crippen LogP contribution in [-0.2, 0) is 15.1 Å². The van der Waals surface area contributed by atoms with Crippen LogP contribution in [0.2, 0.25) is 0 Å². The molecule has 0 fully saturated rings. The van der Waals surface area contributed by atoms with Crippen LogP contribution in [0.4, 0.5) is 13.2 Å². The molecule has 0 spiro atoms. The van der Waals surface area contributed by atoms with E-state index in [0.29, 0.717) is 43.6 Å². The van der Waals surface area contributed by atoms with E-state index in [9.17, 15) is 22.8 Å². The lowest BCUT2D eigenvalue weighted by Crippen LogP contribution is -2.37. The second-order valence-corrected chi connectivity index (χ2v) is 8.95. The molecule has 0 aliphatic carbocycles. The van der Waals surface area contributed by atoms with Gasteiger partial charge >= 0.3 is 12.1 Å². The van der Waals surface area contributed by atoms with Gasteiger partial charge in [-0.05, 0) is 53.8 Å². The summed E-state index contributed by atoms with van der Waals surface area (Å²) >= 11 is 0. The van der Waals surface area contributed by atoms with Gasteiger partial charge in [0.25, 0.3) is 5.91 Å². The largest absolute Gasteiger partial charge is 0.497 e. The number of ether oxygens (including phenoxy) is 2. The summed E-state index contributed by atoms with van der Waals surface area (Å²) in [5, 5.41) is 4.52. The summed E-state index contributed by atoms with van der Waals surface area (Å²) < 4.78 is 49.0. The maximum Gasteiger partial charge on any atom is 0.471 e. The summed E-state index contributed by atoms with van der Waals surface area (Å²) in [5.41, 5.74) is 2.14. The van der Waals surface area contributed by atoms with E-state index in [4.69, 9.17) is 9.47 Å². The Labute approximate surface area is 226 Å². The first-order valence-corrected chi connectivity index (χ1v) is 12.7. The number of benzene rings is 3. The number of hydrogen-bond acceptors (Lipinski definition) is 4. The van der Waals surface area contributed by atoms with Gasteiger partial charge in [0.1, 0.15) is 11.4 Å². The predicted molar refractivity (Wildman–Crippen MR) is 143 cm³/mol. The van der Waals surface area contributed by atoms with Gasteiger partial charge in [0.15, 0.2) is 0 Å². The van der Waals surface area contributed by atoms with Gasteiger partial charge in [-0.1, -0.05) is 67.4 Å². The van der Waals surface area contributed by atoms with Crippen molar-refractivity contribution in [2.24, 2.45) is 0 Å². The molecule has 9 heteroatoms. The molecule has 0 aromatic heterocycles. The van der Waals surface area contributed by atoms with E-state index in [1.54, 1.807) is 26.3 Å². The molecular weight excluding hydrogens is 509 g/mol. The number of halogens is 3. The van der Waals surface area contributed by atoms with E-state index in [1.165, 1.54) is 0 Å². The van der Waals surface area contributed by atoms with E-state index in [0.717, 1.165) is 16.7 Å². The summed E-state index contributed by atoms with van der Waals surface area (Å²) in [7, 11) is 3.18. The van der Waals surface area contributed by atoms with Crippen LogP contribution in [0, 0.1) is 0 Å². The number of rotatable bonds is 13. The highest BCUT2D eigenvalue weighted by atomic mass is 19.4. The summed E-state index contributed by atoms with van der Waals surface area (Å²) in [4.78, 5) is 23.1. The SMILES string of the molecule is CNC(=O)c1ccc(C(OCCCCCCNC(=O)C(F)(F)F)(c2ccccc2)c2ccc(OC)cc2)cc1. The Balaban J connectivity index is 1.82. The third-order valence-corrected chi connectivity index (χ3v) is 6.39. The van der Waals surface area contributed by atoms with Crippen molar-refractivity contribution in [3.63, 3.8) is 0 Å². The second-order valence-electron chi connectivity index (χ2n) is 8.95. The molecule has 3 aromatic carbocycles. The molecule has 0 bridgehead atoms. The van der Waals surface area contributed by atoms with Crippen molar-refractivity contribution in [2.75, 3.05) is 27.3 Å². The number of alkyl halides is 3. The first-order chi connectivity index (χ1) is 18.7. The van der Waals surface area contributed by atoms with Gasteiger partial charge in [-0.3, -0.25) is 9.59 Å². The molecule has 2 amide bonds. The van der Waals surface area contributed by atoms with Gasteiger partial charge in [-0.15, -0.1) is 0 Å². The van der Waals surface area contributed by atoms with Crippen LogP contribution in [0.15, 0.2) is 78.9 Å². The maximum absolute atomic E-state index is 12.3. The molecule has 3 aromatic rings. The lowest BCUT2D eigenvalue weighted by Gasteiger charge is -2.36. The molecule has 0 radical (unpaired) electrons. The fourth-order valence-electron chi connectivity index (χ4n) is 4.36. The highest BCUT2D eigenvalue weighted by Crippen LogP contribution is 2.41. The Bertz CT molecular complexity index is 1200. The molecule has 6 nitrogen and oxygen atoms in total. The molecule has 3 rings (SSSR count). The van der Waals surface area contributed by atoms with Crippen molar-refractivity contribution in [1.82, 2.24) is 10.6 Å². The second kappa shape index (κ2) is 13.8. The van der Waals surface area contributed by atoms with Crippen molar-refractivity contribution in [2.45, 2.75) is 37.5 Å². The number of carbonyl (C=O) groups excluding carboxylic acids is 2. The zero-order valence-electron chi connectivity index (χ0n) is 22.0. The first kappa shape index (κ1) is 29.7. The summed E-state index contributed by atoms with van der Waals surface area (Å²) in [6.07, 6.45) is -2.41. The van der Waals surface area contributed by atoms with Crippen LogP contribution in [0.1, 0.15) is 52.7 Å². The molecule has 0 aliphatic rings. The van der Waals surface area contributed by atoms with E-state index in [1.807, 2.05) is 72.0 Å². The quantitative estimate of drug-likeness (QED) is 0.218. The van der Waals surface area contributed by atoms with Gasteiger partial charge in [-0.2, -0.15) is 13.2 Å². The van der Waals surface area contributed by atoms with Gasteiger partial charge in [0, 0.05) is 25.8 Å². The highest BCUT2D eigenvalue weighted by Gasteiger charge is 2.39. The van der Waals surface area contributed by atoms with Crippen LogP contribution in [0.25, 0.3) is 0 Å². The predicted octanol–water partition coefficient (Wildman–Crippen LogP) is 5.60. The number of hydrogen-bond donors (Lipinski definition) is 2. The Kier molecular flexibility index (Phi) is 10.5. The zero-order chi connectivity index (χ0) is 28.3. The van der Waals surface area contributed by atoms with E-state index in [2.05, 4.69) is 5.32 Å². The lowest BCUT2D eigenvalue weighted by molar-refractivity contribution is -0.173. The van der Waals surface area contributed by atoms with Gasteiger partial charge in [0.05, 0.1) is 7.11 Å². The minimum absolute atomic E-state index is 0.0311. The Morgan fingerprint density at radius 1 is 0.769 bits per heavy atom. The fourth-order valence-corrected chi connectivity index (χ4v) is 4.36. The summed E-state index contributed by atoms with van der Waals surface area (Å²) in [5.74, 6) is -1.41. The van der Waals surface area contributed by atoms with Crippen molar-refractivity contribution < 1.29 is 32.2 Å². The van der Waals surface area contributed by atoms with Crippen LogP contribution in [0.3, 0.4) is 0 Å². The monoisotopic (exact) mass is 542 g/mol. The zero-order valence-corrected chi connectivity index (χ0v) is 22.0. The minimum atomic E-state index is -4.87. The third kappa shape index (κ3) is 7.60. The Morgan fingerprint density at radius 2 is 1.33 bits per heavy atom. The number of carbonyl (C=O) groups is 2. The van der Waals surface area contributed by atoms with Crippen LogP contribution < -0.4 is 15.4 Å². The molecule has 2 N–H and O–H groups in total. The molecule has 39 heavy (non-hydrogen) atoms. The Hall–Kier alpha value is -3.85. The first-order valence-electron chi connectivity index (χ1n) is 12.7.